The molecule has 0 radical (unpaired) electrons. The molecule has 172 valence electrons. The van der Waals surface area contributed by atoms with Crippen molar-refractivity contribution in [2.24, 2.45) is 4.99 Å². The van der Waals surface area contributed by atoms with Gasteiger partial charge in [-0.2, -0.15) is 0 Å². The highest BCUT2D eigenvalue weighted by Gasteiger charge is 2.06. The molecule has 1 aromatic carbocycles. The Morgan fingerprint density at radius 3 is 2.47 bits per heavy atom. The molecule has 32 heavy (non-hydrogen) atoms. The van der Waals surface area contributed by atoms with Crippen molar-refractivity contribution in [3.8, 4) is 17.4 Å². The van der Waals surface area contributed by atoms with Gasteiger partial charge in [0.15, 0.2) is 5.96 Å². The van der Waals surface area contributed by atoms with E-state index in [1.165, 1.54) is 4.88 Å². The van der Waals surface area contributed by atoms with E-state index in [2.05, 4.69) is 27.5 Å². The Labute approximate surface area is 210 Å². The monoisotopic (exact) mass is 567 g/mol. The van der Waals surface area contributed by atoms with E-state index in [9.17, 15) is 0 Å². The number of pyridine rings is 1. The minimum Gasteiger partial charge on any atom is -0.494 e. The number of rotatable bonds is 9. The highest BCUT2D eigenvalue weighted by molar-refractivity contribution is 14.0. The number of nitrogens with zero attached hydrogens (tertiary/aromatic N) is 3. The number of nitrogens with one attached hydrogen (secondary N) is 2. The van der Waals surface area contributed by atoms with E-state index in [-0.39, 0.29) is 24.0 Å². The summed E-state index contributed by atoms with van der Waals surface area (Å²) in [5, 5.41) is 7.74. The summed E-state index contributed by atoms with van der Waals surface area (Å²) in [6, 6.07) is 11.3. The number of benzene rings is 1. The SMILES string of the molecule is CCNC(=NCc1ccnc(Oc2ccc(OCC)cc2)c1)NCc1sc(C)nc1C.I. The number of aliphatic imine (C=N–C) groups is 1. The lowest BCUT2D eigenvalue weighted by molar-refractivity contribution is 0.339. The molecule has 0 aliphatic heterocycles. The molecule has 2 heterocycles. The van der Waals surface area contributed by atoms with Crippen molar-refractivity contribution >= 4 is 41.3 Å². The number of ether oxygens (including phenoxy) is 2. The maximum Gasteiger partial charge on any atom is 0.219 e. The first-order valence-electron chi connectivity index (χ1n) is 10.4. The molecule has 9 heteroatoms. The Morgan fingerprint density at radius 1 is 1.06 bits per heavy atom. The first-order chi connectivity index (χ1) is 15.1. The Hall–Kier alpha value is -2.40. The molecule has 0 unspecified atom stereocenters. The maximum atomic E-state index is 5.88. The number of guanidine groups is 1. The fourth-order valence-electron chi connectivity index (χ4n) is 2.91. The lowest BCUT2D eigenvalue weighted by Crippen LogP contribution is -2.36. The average molecular weight is 567 g/mol. The maximum absolute atomic E-state index is 5.88. The van der Waals surface area contributed by atoms with Crippen LogP contribution in [0.3, 0.4) is 0 Å². The van der Waals surface area contributed by atoms with Crippen molar-refractivity contribution < 1.29 is 9.47 Å². The van der Waals surface area contributed by atoms with Gasteiger partial charge in [-0.25, -0.2) is 15.0 Å². The van der Waals surface area contributed by atoms with Gasteiger partial charge in [0.05, 0.1) is 30.4 Å². The second-order valence-electron chi connectivity index (χ2n) is 6.80. The van der Waals surface area contributed by atoms with Crippen molar-refractivity contribution in [1.82, 2.24) is 20.6 Å². The smallest absolute Gasteiger partial charge is 0.219 e. The first-order valence-corrected chi connectivity index (χ1v) is 11.2. The fourth-order valence-corrected chi connectivity index (χ4v) is 3.79. The van der Waals surface area contributed by atoms with Crippen molar-refractivity contribution in [2.45, 2.75) is 40.8 Å². The van der Waals surface area contributed by atoms with Crippen molar-refractivity contribution in [2.75, 3.05) is 13.2 Å². The predicted molar refractivity (Wildman–Crippen MR) is 141 cm³/mol. The highest BCUT2D eigenvalue weighted by Crippen LogP contribution is 2.23. The van der Waals surface area contributed by atoms with E-state index in [4.69, 9.17) is 14.5 Å². The van der Waals surface area contributed by atoms with Crippen molar-refractivity contribution in [1.29, 1.82) is 0 Å². The summed E-state index contributed by atoms with van der Waals surface area (Å²) in [4.78, 5) is 14.7. The molecule has 0 aliphatic carbocycles. The Bertz CT molecular complexity index is 1010. The molecule has 0 saturated heterocycles. The quantitative estimate of drug-likeness (QED) is 0.210. The molecule has 0 saturated carbocycles. The van der Waals surface area contributed by atoms with Crippen LogP contribution in [0.4, 0.5) is 0 Å². The largest absolute Gasteiger partial charge is 0.494 e. The average Bonchev–Trinajstić information content (AvgIpc) is 3.09. The molecule has 7 nitrogen and oxygen atoms in total. The van der Waals surface area contributed by atoms with E-state index in [1.54, 1.807) is 17.5 Å². The lowest BCUT2D eigenvalue weighted by atomic mass is 10.2. The number of hydrogen-bond acceptors (Lipinski definition) is 6. The first kappa shape index (κ1) is 25.9. The molecule has 3 aromatic rings. The molecule has 3 rings (SSSR count). The van der Waals surface area contributed by atoms with E-state index < -0.39 is 0 Å². The number of hydrogen-bond donors (Lipinski definition) is 2. The molecule has 0 aliphatic rings. The highest BCUT2D eigenvalue weighted by atomic mass is 127. The van der Waals surface area contributed by atoms with Crippen LogP contribution in [0.5, 0.6) is 17.4 Å². The second-order valence-corrected chi connectivity index (χ2v) is 8.09. The molecule has 0 amide bonds. The van der Waals surface area contributed by atoms with Crippen LogP contribution >= 0.6 is 35.3 Å². The summed E-state index contributed by atoms with van der Waals surface area (Å²) in [5.74, 6) is 2.82. The van der Waals surface area contributed by atoms with Crippen LogP contribution in [0, 0.1) is 13.8 Å². The lowest BCUT2D eigenvalue weighted by Gasteiger charge is -2.11. The minimum atomic E-state index is 0. The van der Waals surface area contributed by atoms with Crippen molar-refractivity contribution in [3.05, 3.63) is 63.7 Å². The molecule has 0 atom stereocenters. The van der Waals surface area contributed by atoms with Crippen LogP contribution in [-0.2, 0) is 13.1 Å². The summed E-state index contributed by atoms with van der Waals surface area (Å²) >= 11 is 1.71. The number of halogens is 1. The summed E-state index contributed by atoms with van der Waals surface area (Å²) < 4.78 is 11.3. The normalized spacial score (nSPS) is 10.9. The van der Waals surface area contributed by atoms with Crippen LogP contribution in [0.2, 0.25) is 0 Å². The zero-order valence-electron chi connectivity index (χ0n) is 18.8. The third-order valence-corrected chi connectivity index (χ3v) is 5.41. The van der Waals surface area contributed by atoms with Crippen molar-refractivity contribution in [3.63, 3.8) is 0 Å². The van der Waals surface area contributed by atoms with Gasteiger partial charge in [-0.15, -0.1) is 35.3 Å². The molecule has 2 aromatic heterocycles. The van der Waals surface area contributed by atoms with Crippen LogP contribution in [0.1, 0.15) is 35.0 Å². The summed E-state index contributed by atoms with van der Waals surface area (Å²) in [6.45, 7) is 10.7. The number of aromatic nitrogens is 2. The Balaban J connectivity index is 0.00000363. The third-order valence-electron chi connectivity index (χ3n) is 4.34. The van der Waals surface area contributed by atoms with Gasteiger partial charge in [0.1, 0.15) is 11.5 Å². The molecular formula is C23H30IN5O2S. The summed E-state index contributed by atoms with van der Waals surface area (Å²) in [5.41, 5.74) is 2.08. The zero-order chi connectivity index (χ0) is 22.1. The van der Waals surface area contributed by atoms with Gasteiger partial charge in [-0.3, -0.25) is 0 Å². The summed E-state index contributed by atoms with van der Waals surface area (Å²) in [6.07, 6.45) is 1.73. The van der Waals surface area contributed by atoms with Gasteiger partial charge in [0, 0.05) is 23.7 Å². The molecule has 0 fully saturated rings. The van der Waals surface area contributed by atoms with E-state index in [0.29, 0.717) is 31.3 Å². The van der Waals surface area contributed by atoms with Gasteiger partial charge in [-0.1, -0.05) is 0 Å². The van der Waals surface area contributed by atoms with Gasteiger partial charge < -0.3 is 20.1 Å². The molecule has 0 spiro atoms. The Morgan fingerprint density at radius 2 is 1.81 bits per heavy atom. The number of thiazole rings is 1. The minimum absolute atomic E-state index is 0. The second kappa shape index (κ2) is 13.2. The zero-order valence-corrected chi connectivity index (χ0v) is 22.0. The standard InChI is InChI=1S/C23H29N5O2S.HI/c1-5-24-23(27-15-21-16(3)28-17(4)31-21)26-14-18-11-12-25-22(13-18)30-20-9-7-19(8-10-20)29-6-2;/h7-13H,5-6,14-15H2,1-4H3,(H2,24,26,27);1H. The predicted octanol–water partition coefficient (Wildman–Crippen LogP) is 5.22. The topological polar surface area (TPSA) is 80.7 Å². The van der Waals surface area contributed by atoms with Crippen LogP contribution < -0.4 is 20.1 Å². The summed E-state index contributed by atoms with van der Waals surface area (Å²) in [7, 11) is 0. The van der Waals surface area contributed by atoms with E-state index >= 15 is 0 Å². The van der Waals surface area contributed by atoms with E-state index in [0.717, 1.165) is 34.5 Å². The molecule has 2 N–H and O–H groups in total. The van der Waals surface area contributed by atoms with Crippen LogP contribution in [-0.4, -0.2) is 29.1 Å². The molecule has 0 bridgehead atoms. The Kier molecular flexibility index (Phi) is 10.7. The third kappa shape index (κ3) is 7.94. The number of aryl methyl sites for hydroxylation is 2. The van der Waals surface area contributed by atoms with Gasteiger partial charge in [0.2, 0.25) is 5.88 Å². The van der Waals surface area contributed by atoms with Gasteiger partial charge >= 0.3 is 0 Å². The fraction of sp³-hybridized carbons (Fsp3) is 0.348. The van der Waals surface area contributed by atoms with Gasteiger partial charge in [-0.05, 0) is 63.6 Å². The van der Waals surface area contributed by atoms with Gasteiger partial charge in [0.25, 0.3) is 0 Å². The van der Waals surface area contributed by atoms with E-state index in [1.807, 2.05) is 57.2 Å². The van der Waals surface area contributed by atoms with Crippen LogP contribution in [0.25, 0.3) is 0 Å². The van der Waals surface area contributed by atoms with Crippen LogP contribution in [0.15, 0.2) is 47.6 Å². The molecular weight excluding hydrogens is 537 g/mol.